The van der Waals surface area contributed by atoms with E-state index in [1.165, 1.54) is 16.4 Å². The standard InChI is InChI=1S/C22H31N3O6S/c1-16-14-25(15-17(2)31-16)32(28,29)19-7-5-18(6-8-19)21(26)23-9-11-24(12-10-23)22(27)20-4-3-13-30-20/h5-8,16-17,20H,3-4,9-15H2,1-2H3. The van der Waals surface area contributed by atoms with Crippen LogP contribution in [0.2, 0.25) is 0 Å². The molecular weight excluding hydrogens is 434 g/mol. The van der Waals surface area contributed by atoms with Gasteiger partial charge >= 0.3 is 0 Å². The molecule has 0 N–H and O–H groups in total. The van der Waals surface area contributed by atoms with Crippen molar-refractivity contribution in [2.24, 2.45) is 0 Å². The summed E-state index contributed by atoms with van der Waals surface area (Å²) >= 11 is 0. The van der Waals surface area contributed by atoms with Crippen molar-refractivity contribution in [2.75, 3.05) is 45.9 Å². The molecule has 32 heavy (non-hydrogen) atoms. The van der Waals surface area contributed by atoms with Gasteiger partial charge in [0.15, 0.2) is 0 Å². The Balaban J connectivity index is 1.37. The number of piperazine rings is 1. The van der Waals surface area contributed by atoms with E-state index >= 15 is 0 Å². The molecule has 3 atom stereocenters. The predicted octanol–water partition coefficient (Wildman–Crippen LogP) is 0.948. The van der Waals surface area contributed by atoms with Crippen molar-refractivity contribution in [3.63, 3.8) is 0 Å². The maximum absolute atomic E-state index is 13.0. The highest BCUT2D eigenvalue weighted by Crippen LogP contribution is 2.22. The highest BCUT2D eigenvalue weighted by Gasteiger charge is 2.33. The SMILES string of the molecule is CC1CN(S(=O)(=O)c2ccc(C(=O)N3CCN(C(=O)C4CCCO4)CC3)cc2)CC(C)O1. The second-order valence-corrected chi connectivity index (χ2v) is 10.7. The highest BCUT2D eigenvalue weighted by molar-refractivity contribution is 7.89. The zero-order chi connectivity index (χ0) is 22.9. The molecule has 4 rings (SSSR count). The minimum Gasteiger partial charge on any atom is -0.373 e. The molecule has 0 saturated carbocycles. The lowest BCUT2D eigenvalue weighted by Crippen LogP contribution is -2.52. The van der Waals surface area contributed by atoms with Gasteiger partial charge in [-0.25, -0.2) is 8.42 Å². The largest absolute Gasteiger partial charge is 0.373 e. The molecule has 3 aliphatic heterocycles. The number of ether oxygens (including phenoxy) is 2. The van der Waals surface area contributed by atoms with Crippen molar-refractivity contribution in [2.45, 2.75) is 49.9 Å². The van der Waals surface area contributed by atoms with Crippen LogP contribution in [0.25, 0.3) is 0 Å². The highest BCUT2D eigenvalue weighted by atomic mass is 32.2. The number of rotatable bonds is 4. The van der Waals surface area contributed by atoms with E-state index in [4.69, 9.17) is 9.47 Å². The molecule has 0 radical (unpaired) electrons. The summed E-state index contributed by atoms with van der Waals surface area (Å²) in [6, 6.07) is 6.11. The van der Waals surface area contributed by atoms with Crippen LogP contribution in [0.1, 0.15) is 37.0 Å². The lowest BCUT2D eigenvalue weighted by Gasteiger charge is -2.36. The van der Waals surface area contributed by atoms with Crippen LogP contribution < -0.4 is 0 Å². The van der Waals surface area contributed by atoms with Crippen LogP contribution in [0.15, 0.2) is 29.2 Å². The van der Waals surface area contributed by atoms with Gasteiger partial charge in [0.25, 0.3) is 11.8 Å². The van der Waals surface area contributed by atoms with Crippen molar-refractivity contribution in [1.82, 2.24) is 14.1 Å². The quantitative estimate of drug-likeness (QED) is 0.657. The lowest BCUT2D eigenvalue weighted by atomic mass is 10.1. The fraction of sp³-hybridized carbons (Fsp3) is 0.636. The number of sulfonamides is 1. The summed E-state index contributed by atoms with van der Waals surface area (Å²) in [4.78, 5) is 29.0. The van der Waals surface area contributed by atoms with Gasteiger partial charge in [-0.3, -0.25) is 9.59 Å². The van der Waals surface area contributed by atoms with Gasteiger partial charge in [0.1, 0.15) is 6.10 Å². The zero-order valence-corrected chi connectivity index (χ0v) is 19.4. The van der Waals surface area contributed by atoms with Gasteiger partial charge in [-0.15, -0.1) is 0 Å². The van der Waals surface area contributed by atoms with E-state index in [9.17, 15) is 18.0 Å². The molecule has 0 spiro atoms. The number of hydrogen-bond donors (Lipinski definition) is 0. The van der Waals surface area contributed by atoms with Gasteiger partial charge in [0.05, 0.1) is 17.1 Å². The molecule has 0 aromatic heterocycles. The van der Waals surface area contributed by atoms with Crippen LogP contribution in [0.5, 0.6) is 0 Å². The van der Waals surface area contributed by atoms with Gasteiger partial charge < -0.3 is 19.3 Å². The Kier molecular flexibility index (Phi) is 6.85. The lowest BCUT2D eigenvalue weighted by molar-refractivity contribution is -0.142. The number of hydrogen-bond acceptors (Lipinski definition) is 6. The van der Waals surface area contributed by atoms with Gasteiger partial charge in [-0.2, -0.15) is 4.31 Å². The third kappa shape index (κ3) is 4.83. The number of amides is 2. The summed E-state index contributed by atoms with van der Waals surface area (Å²) in [5.41, 5.74) is 0.437. The molecule has 1 aromatic carbocycles. The van der Waals surface area contributed by atoms with Crippen LogP contribution in [-0.4, -0.2) is 98.5 Å². The van der Waals surface area contributed by atoms with Gasteiger partial charge in [0.2, 0.25) is 10.0 Å². The normalized spacial score (nSPS) is 27.5. The summed E-state index contributed by atoms with van der Waals surface area (Å²) in [5, 5.41) is 0. The Hall–Kier alpha value is -2.01. The molecule has 3 unspecified atom stereocenters. The zero-order valence-electron chi connectivity index (χ0n) is 18.6. The topological polar surface area (TPSA) is 96.5 Å². The molecule has 3 fully saturated rings. The molecule has 3 heterocycles. The maximum atomic E-state index is 13.0. The van der Waals surface area contributed by atoms with E-state index in [0.29, 0.717) is 51.4 Å². The molecule has 10 heteroatoms. The second kappa shape index (κ2) is 9.46. The van der Waals surface area contributed by atoms with Crippen molar-refractivity contribution < 1.29 is 27.5 Å². The molecule has 1 aromatic rings. The van der Waals surface area contributed by atoms with Crippen LogP contribution in [0, 0.1) is 0 Å². The first kappa shape index (κ1) is 23.2. The number of carbonyl (C=O) groups is 2. The van der Waals surface area contributed by atoms with Crippen molar-refractivity contribution in [1.29, 1.82) is 0 Å². The van der Waals surface area contributed by atoms with Gasteiger partial charge in [0, 0.05) is 51.4 Å². The van der Waals surface area contributed by atoms with E-state index in [1.807, 2.05) is 13.8 Å². The van der Waals surface area contributed by atoms with Gasteiger partial charge in [-0.1, -0.05) is 0 Å². The smallest absolute Gasteiger partial charge is 0.253 e. The van der Waals surface area contributed by atoms with Crippen LogP contribution in [0.4, 0.5) is 0 Å². The first-order valence-corrected chi connectivity index (χ1v) is 12.6. The van der Waals surface area contributed by atoms with E-state index < -0.39 is 10.0 Å². The molecule has 3 aliphatic rings. The Morgan fingerprint density at radius 2 is 1.53 bits per heavy atom. The first-order valence-electron chi connectivity index (χ1n) is 11.2. The monoisotopic (exact) mass is 465 g/mol. The minimum atomic E-state index is -3.65. The Morgan fingerprint density at radius 3 is 2.09 bits per heavy atom. The minimum absolute atomic E-state index is 0.0101. The number of morpholine rings is 1. The first-order chi connectivity index (χ1) is 15.3. The van der Waals surface area contributed by atoms with Crippen LogP contribution in [0.3, 0.4) is 0 Å². The summed E-state index contributed by atoms with van der Waals surface area (Å²) in [5.74, 6) is -0.150. The third-order valence-corrected chi connectivity index (χ3v) is 8.05. The van der Waals surface area contributed by atoms with Crippen LogP contribution in [-0.2, 0) is 24.3 Å². The Labute approximate surface area is 189 Å². The summed E-state index contributed by atoms with van der Waals surface area (Å²) < 4.78 is 38.5. The van der Waals surface area contributed by atoms with Crippen molar-refractivity contribution >= 4 is 21.8 Å². The van der Waals surface area contributed by atoms with Crippen molar-refractivity contribution in [3.05, 3.63) is 29.8 Å². The molecular formula is C22H31N3O6S. The predicted molar refractivity (Wildman–Crippen MR) is 117 cm³/mol. The number of carbonyl (C=O) groups excluding carboxylic acids is 2. The number of benzene rings is 1. The summed E-state index contributed by atoms with van der Waals surface area (Å²) in [6.07, 6.45) is 0.990. The van der Waals surface area contributed by atoms with E-state index in [0.717, 1.165) is 12.8 Å². The third-order valence-electron chi connectivity index (χ3n) is 6.21. The van der Waals surface area contributed by atoms with Gasteiger partial charge in [-0.05, 0) is 51.0 Å². The molecule has 176 valence electrons. The average molecular weight is 466 g/mol. The van der Waals surface area contributed by atoms with Crippen molar-refractivity contribution in [3.8, 4) is 0 Å². The molecule has 3 saturated heterocycles. The molecule has 9 nitrogen and oxygen atoms in total. The van der Waals surface area contributed by atoms with Crippen LogP contribution >= 0.6 is 0 Å². The summed E-state index contributed by atoms with van der Waals surface area (Å²) in [7, 11) is -3.65. The molecule has 0 bridgehead atoms. The average Bonchev–Trinajstić information content (AvgIpc) is 3.33. The molecule has 0 aliphatic carbocycles. The maximum Gasteiger partial charge on any atom is 0.253 e. The Bertz CT molecular complexity index is 927. The fourth-order valence-corrected chi connectivity index (χ4v) is 6.12. The number of nitrogens with zero attached hydrogens (tertiary/aromatic N) is 3. The van der Waals surface area contributed by atoms with E-state index in [-0.39, 0.29) is 35.0 Å². The van der Waals surface area contributed by atoms with E-state index in [2.05, 4.69) is 0 Å². The van der Waals surface area contributed by atoms with E-state index in [1.54, 1.807) is 21.9 Å². The summed E-state index contributed by atoms with van der Waals surface area (Å²) in [6.45, 7) is 6.80. The Morgan fingerprint density at radius 1 is 0.938 bits per heavy atom. The second-order valence-electron chi connectivity index (χ2n) is 8.72. The molecule has 2 amide bonds. The fourth-order valence-electron chi connectivity index (χ4n) is 4.53.